The number of hydrogen-bond acceptors (Lipinski definition) is 6. The first-order valence-corrected chi connectivity index (χ1v) is 11.9. The second-order valence-corrected chi connectivity index (χ2v) is 10.5. The van der Waals surface area contributed by atoms with E-state index in [9.17, 15) is 13.2 Å². The first-order valence-electron chi connectivity index (χ1n) is 8.74. The lowest BCUT2D eigenvalue weighted by Gasteiger charge is -2.10. The molecule has 0 aliphatic heterocycles. The van der Waals surface area contributed by atoms with Gasteiger partial charge in [0.1, 0.15) is 5.75 Å². The smallest absolute Gasteiger partial charge is 0.240 e. The lowest BCUT2D eigenvalue weighted by molar-refractivity contribution is 0.104. The van der Waals surface area contributed by atoms with Crippen LogP contribution in [-0.4, -0.2) is 20.8 Å². The number of rotatable bonds is 9. The standard InChI is InChI=1S/C20H21NO4S3/c1-14(2)13-25-15-5-8-17(9-6-15)28(23,24)21-12-16-7-10-19(27-16)20(22)18-4-3-11-26-18/h3-11,14,21H,12-13H2,1-2H3. The van der Waals surface area contributed by atoms with E-state index in [1.807, 2.05) is 25.3 Å². The summed E-state index contributed by atoms with van der Waals surface area (Å²) in [4.78, 5) is 14.6. The Hall–Kier alpha value is -2.00. The average molecular weight is 436 g/mol. The Labute approximate surface area is 173 Å². The highest BCUT2D eigenvalue weighted by Gasteiger charge is 2.16. The van der Waals surface area contributed by atoms with Crippen molar-refractivity contribution in [2.45, 2.75) is 25.3 Å². The number of carbonyl (C=O) groups excluding carboxylic acids is 1. The third-order valence-electron chi connectivity index (χ3n) is 3.78. The molecule has 0 saturated heterocycles. The number of nitrogens with one attached hydrogen (secondary N) is 1. The van der Waals surface area contributed by atoms with Gasteiger partial charge in [0.15, 0.2) is 0 Å². The molecule has 0 saturated carbocycles. The molecule has 3 rings (SSSR count). The van der Waals surface area contributed by atoms with E-state index in [0.717, 1.165) is 4.88 Å². The van der Waals surface area contributed by atoms with E-state index in [1.165, 1.54) is 34.8 Å². The molecule has 2 aromatic heterocycles. The average Bonchev–Trinajstić information content (AvgIpc) is 3.36. The van der Waals surface area contributed by atoms with E-state index in [0.29, 0.717) is 28.0 Å². The van der Waals surface area contributed by atoms with Crippen molar-refractivity contribution in [3.63, 3.8) is 0 Å². The zero-order chi connectivity index (χ0) is 20.1. The van der Waals surface area contributed by atoms with Gasteiger partial charge in [-0.05, 0) is 53.8 Å². The van der Waals surface area contributed by atoms with Gasteiger partial charge < -0.3 is 4.74 Å². The molecule has 0 radical (unpaired) electrons. The maximum Gasteiger partial charge on any atom is 0.240 e. The van der Waals surface area contributed by atoms with Gasteiger partial charge in [0.25, 0.3) is 0 Å². The quantitative estimate of drug-likeness (QED) is 0.500. The monoisotopic (exact) mass is 435 g/mol. The highest BCUT2D eigenvalue weighted by Crippen LogP contribution is 2.23. The van der Waals surface area contributed by atoms with Gasteiger partial charge in [-0.1, -0.05) is 19.9 Å². The van der Waals surface area contributed by atoms with E-state index in [2.05, 4.69) is 4.72 Å². The molecule has 3 aromatic rings. The summed E-state index contributed by atoms with van der Waals surface area (Å²) in [7, 11) is -3.64. The molecule has 1 aromatic carbocycles. The largest absolute Gasteiger partial charge is 0.493 e. The van der Waals surface area contributed by atoms with Crippen molar-refractivity contribution in [1.82, 2.24) is 4.72 Å². The number of hydrogen-bond donors (Lipinski definition) is 1. The summed E-state index contributed by atoms with van der Waals surface area (Å²) < 4.78 is 33.2. The van der Waals surface area contributed by atoms with Gasteiger partial charge in [-0.3, -0.25) is 4.79 Å². The van der Waals surface area contributed by atoms with Gasteiger partial charge in [-0.15, -0.1) is 22.7 Å². The number of thiophene rings is 2. The van der Waals surface area contributed by atoms with Crippen LogP contribution in [0.5, 0.6) is 5.75 Å². The van der Waals surface area contributed by atoms with E-state index < -0.39 is 10.0 Å². The molecule has 148 valence electrons. The molecular weight excluding hydrogens is 414 g/mol. The number of sulfonamides is 1. The minimum Gasteiger partial charge on any atom is -0.493 e. The summed E-state index contributed by atoms with van der Waals surface area (Å²) in [6.45, 7) is 4.81. The fourth-order valence-corrected chi connectivity index (χ4v) is 5.09. The lowest BCUT2D eigenvalue weighted by atomic mass is 10.2. The predicted octanol–water partition coefficient (Wildman–Crippen LogP) is 4.55. The van der Waals surface area contributed by atoms with Gasteiger partial charge in [0, 0.05) is 11.4 Å². The predicted molar refractivity (Wildman–Crippen MR) is 113 cm³/mol. The minimum absolute atomic E-state index is 0.0360. The number of carbonyl (C=O) groups is 1. The first-order chi connectivity index (χ1) is 13.3. The summed E-state index contributed by atoms with van der Waals surface area (Å²) in [5.74, 6) is 1.00. The molecule has 5 nitrogen and oxygen atoms in total. The van der Waals surface area contributed by atoms with Gasteiger partial charge in [-0.2, -0.15) is 0 Å². The van der Waals surface area contributed by atoms with Crippen molar-refractivity contribution >= 4 is 38.5 Å². The fraction of sp³-hybridized carbons (Fsp3) is 0.250. The van der Waals surface area contributed by atoms with Crippen LogP contribution in [-0.2, 0) is 16.6 Å². The van der Waals surface area contributed by atoms with Crippen LogP contribution in [0.1, 0.15) is 33.3 Å². The van der Waals surface area contributed by atoms with Crippen molar-refractivity contribution in [3.8, 4) is 5.75 Å². The third kappa shape index (κ3) is 5.29. The van der Waals surface area contributed by atoms with Crippen molar-refractivity contribution in [1.29, 1.82) is 0 Å². The normalized spacial score (nSPS) is 11.7. The maximum absolute atomic E-state index is 12.5. The second-order valence-electron chi connectivity index (χ2n) is 6.57. The maximum atomic E-state index is 12.5. The van der Waals surface area contributed by atoms with Gasteiger partial charge in [-0.25, -0.2) is 13.1 Å². The topological polar surface area (TPSA) is 72.5 Å². The number of benzene rings is 1. The summed E-state index contributed by atoms with van der Waals surface area (Å²) in [6.07, 6.45) is 0. The number of ether oxygens (including phenoxy) is 1. The molecule has 0 fully saturated rings. The summed E-state index contributed by atoms with van der Waals surface area (Å²) in [6, 6.07) is 13.5. The van der Waals surface area contributed by atoms with Crippen LogP contribution in [0.3, 0.4) is 0 Å². The second kappa shape index (κ2) is 9.00. The Kier molecular flexibility index (Phi) is 6.66. The Morgan fingerprint density at radius 3 is 2.46 bits per heavy atom. The fourth-order valence-electron chi connectivity index (χ4n) is 2.35. The van der Waals surface area contributed by atoms with E-state index >= 15 is 0 Å². The molecule has 1 N–H and O–H groups in total. The Morgan fingerprint density at radius 2 is 1.82 bits per heavy atom. The van der Waals surface area contributed by atoms with Gasteiger partial charge in [0.05, 0.1) is 21.3 Å². The first kappa shape index (κ1) is 20.7. The molecule has 0 unspecified atom stereocenters. The molecule has 2 heterocycles. The van der Waals surface area contributed by atoms with E-state index in [4.69, 9.17) is 4.74 Å². The van der Waals surface area contributed by atoms with Crippen molar-refractivity contribution < 1.29 is 17.9 Å². The molecule has 0 amide bonds. The van der Waals surface area contributed by atoms with E-state index in [1.54, 1.807) is 30.3 Å². The van der Waals surface area contributed by atoms with Crippen LogP contribution < -0.4 is 9.46 Å². The van der Waals surface area contributed by atoms with Gasteiger partial charge >= 0.3 is 0 Å². The third-order valence-corrected chi connectivity index (χ3v) is 7.15. The SMILES string of the molecule is CC(C)COc1ccc(S(=O)(=O)NCc2ccc(C(=O)c3cccs3)s2)cc1. The Morgan fingerprint density at radius 1 is 1.07 bits per heavy atom. The number of ketones is 1. The summed E-state index contributed by atoms with van der Waals surface area (Å²) in [5.41, 5.74) is 0. The lowest BCUT2D eigenvalue weighted by Crippen LogP contribution is -2.22. The van der Waals surface area contributed by atoms with Crippen molar-refractivity contribution in [3.05, 3.63) is 68.5 Å². The Balaban J connectivity index is 1.61. The molecule has 0 bridgehead atoms. The van der Waals surface area contributed by atoms with Gasteiger partial charge in [0.2, 0.25) is 15.8 Å². The van der Waals surface area contributed by atoms with Crippen LogP contribution in [0, 0.1) is 5.92 Å². The molecule has 0 spiro atoms. The molecule has 0 atom stereocenters. The van der Waals surface area contributed by atoms with Crippen molar-refractivity contribution in [2.75, 3.05) is 6.61 Å². The van der Waals surface area contributed by atoms with Crippen LogP contribution >= 0.6 is 22.7 Å². The summed E-state index contributed by atoms with van der Waals surface area (Å²) >= 11 is 2.69. The molecular formula is C20H21NO4S3. The molecule has 28 heavy (non-hydrogen) atoms. The molecule has 0 aliphatic rings. The van der Waals surface area contributed by atoms with Crippen molar-refractivity contribution in [2.24, 2.45) is 5.92 Å². The van der Waals surface area contributed by atoms with Crippen LogP contribution in [0.2, 0.25) is 0 Å². The molecule has 0 aliphatic carbocycles. The zero-order valence-corrected chi connectivity index (χ0v) is 18.0. The Bertz CT molecular complexity index is 1020. The van der Waals surface area contributed by atoms with E-state index in [-0.39, 0.29) is 17.2 Å². The van der Waals surface area contributed by atoms with Crippen LogP contribution in [0.15, 0.2) is 58.8 Å². The van der Waals surface area contributed by atoms with Crippen LogP contribution in [0.25, 0.3) is 0 Å². The van der Waals surface area contributed by atoms with Crippen LogP contribution in [0.4, 0.5) is 0 Å². The zero-order valence-electron chi connectivity index (χ0n) is 15.5. The minimum atomic E-state index is -3.64. The highest BCUT2D eigenvalue weighted by atomic mass is 32.2. The summed E-state index contributed by atoms with van der Waals surface area (Å²) in [5, 5.41) is 1.86. The molecule has 8 heteroatoms. The highest BCUT2D eigenvalue weighted by molar-refractivity contribution is 7.89.